The zero-order valence-corrected chi connectivity index (χ0v) is 12.3. The smallest absolute Gasteiger partial charge is 0.331 e. The molecule has 1 aliphatic rings. The van der Waals surface area contributed by atoms with Crippen molar-refractivity contribution in [2.75, 3.05) is 23.3 Å². The number of fused-ring (bicyclic) bond motifs is 1. The van der Waals surface area contributed by atoms with Gasteiger partial charge in [-0.2, -0.15) is 0 Å². The average molecular weight is 317 g/mol. The SMILES string of the molecule is O=C(CN1CC(=O)Oc2ccccc21)Nc1ccc(Cl)cc1. The first-order valence-corrected chi connectivity index (χ1v) is 7.10. The first-order valence-electron chi connectivity index (χ1n) is 6.72. The van der Waals surface area contributed by atoms with Crippen molar-refractivity contribution in [2.24, 2.45) is 0 Å². The molecule has 1 heterocycles. The number of hydrogen-bond donors (Lipinski definition) is 1. The van der Waals surface area contributed by atoms with E-state index in [0.717, 1.165) is 5.69 Å². The fourth-order valence-electron chi connectivity index (χ4n) is 2.25. The molecular formula is C16H13ClN2O3. The van der Waals surface area contributed by atoms with Crippen molar-refractivity contribution in [1.82, 2.24) is 0 Å². The van der Waals surface area contributed by atoms with Crippen LogP contribution in [0.15, 0.2) is 48.5 Å². The van der Waals surface area contributed by atoms with Crippen LogP contribution >= 0.6 is 11.6 Å². The summed E-state index contributed by atoms with van der Waals surface area (Å²) in [5, 5.41) is 3.37. The van der Waals surface area contributed by atoms with E-state index in [-0.39, 0.29) is 25.0 Å². The summed E-state index contributed by atoms with van der Waals surface area (Å²) in [5.74, 6) is -0.122. The largest absolute Gasteiger partial charge is 0.423 e. The Bertz CT molecular complexity index is 716. The fraction of sp³-hybridized carbons (Fsp3) is 0.125. The molecule has 3 rings (SSSR count). The summed E-state index contributed by atoms with van der Waals surface area (Å²) in [4.78, 5) is 25.4. The summed E-state index contributed by atoms with van der Waals surface area (Å²) in [6.07, 6.45) is 0. The van der Waals surface area contributed by atoms with Crippen molar-refractivity contribution < 1.29 is 14.3 Å². The first-order chi connectivity index (χ1) is 10.6. The van der Waals surface area contributed by atoms with E-state index in [4.69, 9.17) is 16.3 Å². The molecule has 0 saturated heterocycles. The molecule has 22 heavy (non-hydrogen) atoms. The highest BCUT2D eigenvalue weighted by atomic mass is 35.5. The van der Waals surface area contributed by atoms with Crippen molar-refractivity contribution in [2.45, 2.75) is 0 Å². The van der Waals surface area contributed by atoms with Gasteiger partial charge in [0.05, 0.1) is 12.2 Å². The number of benzene rings is 2. The van der Waals surface area contributed by atoms with Crippen LogP contribution in [0.5, 0.6) is 5.75 Å². The number of anilines is 2. The third-order valence-electron chi connectivity index (χ3n) is 3.21. The van der Waals surface area contributed by atoms with Crippen molar-refractivity contribution in [3.8, 4) is 5.75 Å². The monoisotopic (exact) mass is 316 g/mol. The third kappa shape index (κ3) is 3.20. The Balaban J connectivity index is 1.71. The maximum atomic E-state index is 12.1. The normalized spacial score (nSPS) is 13.3. The van der Waals surface area contributed by atoms with Crippen LogP contribution in [0.2, 0.25) is 5.02 Å². The molecule has 5 nitrogen and oxygen atoms in total. The predicted octanol–water partition coefficient (Wildman–Crippen LogP) is 2.70. The molecule has 0 atom stereocenters. The zero-order chi connectivity index (χ0) is 15.5. The van der Waals surface area contributed by atoms with Gasteiger partial charge in [0.1, 0.15) is 6.54 Å². The van der Waals surface area contributed by atoms with E-state index in [0.29, 0.717) is 16.5 Å². The number of carbonyl (C=O) groups is 2. The van der Waals surface area contributed by atoms with Gasteiger partial charge >= 0.3 is 5.97 Å². The summed E-state index contributed by atoms with van der Waals surface area (Å²) in [5.41, 5.74) is 1.38. The van der Waals surface area contributed by atoms with E-state index in [1.165, 1.54) is 0 Å². The van der Waals surface area contributed by atoms with E-state index < -0.39 is 0 Å². The lowest BCUT2D eigenvalue weighted by Gasteiger charge is -2.29. The van der Waals surface area contributed by atoms with Gasteiger partial charge in [0.25, 0.3) is 0 Å². The number of hydrogen-bond acceptors (Lipinski definition) is 4. The molecule has 1 amide bonds. The molecule has 0 bridgehead atoms. The van der Waals surface area contributed by atoms with E-state index in [2.05, 4.69) is 5.32 Å². The molecule has 0 aromatic heterocycles. The van der Waals surface area contributed by atoms with Crippen LogP contribution in [0.25, 0.3) is 0 Å². The number of carbonyl (C=O) groups excluding carboxylic acids is 2. The summed E-state index contributed by atoms with van der Waals surface area (Å²) in [7, 11) is 0. The Morgan fingerprint density at radius 2 is 1.91 bits per heavy atom. The van der Waals surface area contributed by atoms with Crippen molar-refractivity contribution in [3.63, 3.8) is 0 Å². The van der Waals surface area contributed by atoms with Crippen molar-refractivity contribution in [1.29, 1.82) is 0 Å². The Morgan fingerprint density at radius 1 is 1.18 bits per heavy atom. The Kier molecular flexibility index (Phi) is 3.98. The number of ether oxygens (including phenoxy) is 1. The van der Waals surface area contributed by atoms with Gasteiger partial charge in [0.2, 0.25) is 5.91 Å². The lowest BCUT2D eigenvalue weighted by Crippen LogP contribution is -2.41. The van der Waals surface area contributed by atoms with Gasteiger partial charge in [-0.05, 0) is 36.4 Å². The number of rotatable bonds is 3. The molecule has 0 radical (unpaired) electrons. The number of nitrogens with one attached hydrogen (secondary N) is 1. The van der Waals surface area contributed by atoms with Crippen LogP contribution in [0.1, 0.15) is 0 Å². The Morgan fingerprint density at radius 3 is 2.68 bits per heavy atom. The van der Waals surface area contributed by atoms with Crippen LogP contribution in [0, 0.1) is 0 Å². The molecule has 112 valence electrons. The summed E-state index contributed by atoms with van der Waals surface area (Å²) < 4.78 is 5.15. The van der Waals surface area contributed by atoms with Gasteiger partial charge in [0.15, 0.2) is 5.75 Å². The van der Waals surface area contributed by atoms with Crippen LogP contribution in [0.3, 0.4) is 0 Å². The lowest BCUT2D eigenvalue weighted by atomic mass is 10.2. The maximum Gasteiger partial charge on any atom is 0.331 e. The van der Waals surface area contributed by atoms with Gasteiger partial charge in [-0.15, -0.1) is 0 Å². The minimum Gasteiger partial charge on any atom is -0.423 e. The van der Waals surface area contributed by atoms with Gasteiger partial charge in [-0.1, -0.05) is 23.7 Å². The Hall–Kier alpha value is -2.53. The highest BCUT2D eigenvalue weighted by Crippen LogP contribution is 2.31. The highest BCUT2D eigenvalue weighted by Gasteiger charge is 2.25. The minimum absolute atomic E-state index is 0.0467. The molecular weight excluding hydrogens is 304 g/mol. The maximum absolute atomic E-state index is 12.1. The third-order valence-corrected chi connectivity index (χ3v) is 3.46. The second-order valence-electron chi connectivity index (χ2n) is 4.85. The zero-order valence-electron chi connectivity index (χ0n) is 11.6. The lowest BCUT2D eigenvalue weighted by molar-refractivity contribution is -0.133. The van der Waals surface area contributed by atoms with Crippen LogP contribution in [-0.2, 0) is 9.59 Å². The highest BCUT2D eigenvalue weighted by molar-refractivity contribution is 6.30. The van der Waals surface area contributed by atoms with Gasteiger partial charge in [-0.25, -0.2) is 4.79 Å². The van der Waals surface area contributed by atoms with Crippen molar-refractivity contribution >= 4 is 34.9 Å². The number of para-hydroxylation sites is 2. The number of esters is 1. The Labute approximate surface area is 132 Å². The molecule has 6 heteroatoms. The summed E-state index contributed by atoms with van der Waals surface area (Å²) >= 11 is 5.80. The molecule has 1 aliphatic heterocycles. The van der Waals surface area contributed by atoms with Crippen LogP contribution in [-0.4, -0.2) is 25.0 Å². The second kappa shape index (κ2) is 6.07. The predicted molar refractivity (Wildman–Crippen MR) is 84.4 cm³/mol. The minimum atomic E-state index is -0.377. The van der Waals surface area contributed by atoms with E-state index in [9.17, 15) is 9.59 Å². The van der Waals surface area contributed by atoms with E-state index >= 15 is 0 Å². The topological polar surface area (TPSA) is 58.6 Å². The molecule has 0 spiro atoms. The van der Waals surface area contributed by atoms with Gasteiger partial charge in [-0.3, -0.25) is 4.79 Å². The number of nitrogens with zero attached hydrogens (tertiary/aromatic N) is 1. The standard InChI is InChI=1S/C16H13ClN2O3/c17-11-5-7-12(8-6-11)18-15(20)9-19-10-16(21)22-14-4-2-1-3-13(14)19/h1-8H,9-10H2,(H,18,20). The summed E-state index contributed by atoms with van der Waals surface area (Å²) in [6.45, 7) is 0.111. The van der Waals surface area contributed by atoms with Crippen LogP contribution < -0.4 is 15.0 Å². The number of amides is 1. The molecule has 0 unspecified atom stereocenters. The molecule has 2 aromatic carbocycles. The number of halogens is 1. The van der Waals surface area contributed by atoms with E-state index in [1.54, 1.807) is 41.3 Å². The quantitative estimate of drug-likeness (QED) is 0.698. The molecule has 1 N–H and O–H groups in total. The molecule has 0 aliphatic carbocycles. The van der Waals surface area contributed by atoms with Gasteiger partial charge in [0, 0.05) is 10.7 Å². The molecule has 0 fully saturated rings. The van der Waals surface area contributed by atoms with Crippen LogP contribution in [0.4, 0.5) is 11.4 Å². The molecule has 2 aromatic rings. The average Bonchev–Trinajstić information content (AvgIpc) is 2.49. The van der Waals surface area contributed by atoms with Crippen molar-refractivity contribution in [3.05, 3.63) is 53.6 Å². The van der Waals surface area contributed by atoms with Gasteiger partial charge < -0.3 is 15.0 Å². The second-order valence-corrected chi connectivity index (χ2v) is 5.29. The van der Waals surface area contributed by atoms with E-state index in [1.807, 2.05) is 12.1 Å². The fourth-order valence-corrected chi connectivity index (χ4v) is 2.37. The molecule has 0 saturated carbocycles. The first kappa shape index (κ1) is 14.4. The summed E-state index contributed by atoms with van der Waals surface area (Å²) in [6, 6.07) is 14.0.